The number of nitrogens with one attached hydrogen (secondary N) is 5. The number of fused-ring (bicyclic) bond motifs is 3. The van der Waals surface area contributed by atoms with Crippen LogP contribution in [-0.4, -0.2) is 52.6 Å². The highest BCUT2D eigenvalue weighted by Crippen LogP contribution is 2.38. The lowest BCUT2D eigenvalue weighted by Crippen LogP contribution is -2.67. The molecular weight excluding hydrogens is 655 g/mol. The van der Waals surface area contributed by atoms with Crippen LogP contribution in [-0.2, 0) is 38.6 Å². The SMILES string of the molecule is CCC(C)[C@H](NC(=O)[C@@]1(NC(=O)[C@@H](NC(=O)OCc2ccccc2)C(C)CC)CCc2[nH]c3c(Cl)cc(Cl)cc3c2C1)C1N=C(C)NO1. The number of hydrogen-bond donors (Lipinski definition) is 5. The Labute approximate surface area is 290 Å². The van der Waals surface area contributed by atoms with Crippen LogP contribution in [0.5, 0.6) is 0 Å². The average Bonchev–Trinajstić information content (AvgIpc) is 3.67. The molecule has 3 aromatic rings. The summed E-state index contributed by atoms with van der Waals surface area (Å²) in [5, 5.41) is 10.8. The average molecular weight is 700 g/mol. The number of carbonyl (C=O) groups is 3. The third-order valence-corrected chi connectivity index (χ3v) is 10.1. The van der Waals surface area contributed by atoms with E-state index in [0.717, 1.165) is 34.1 Å². The van der Waals surface area contributed by atoms with Crippen molar-refractivity contribution in [2.45, 2.75) is 97.2 Å². The first-order valence-electron chi connectivity index (χ1n) is 16.5. The predicted octanol–water partition coefficient (Wildman–Crippen LogP) is 5.97. The molecule has 0 radical (unpaired) electrons. The van der Waals surface area contributed by atoms with Crippen molar-refractivity contribution < 1.29 is 24.0 Å². The molecule has 13 heteroatoms. The third-order valence-electron chi connectivity index (χ3n) is 9.59. The number of ether oxygens (including phenoxy) is 1. The number of aromatic amines is 1. The molecule has 258 valence electrons. The Morgan fingerprint density at radius 1 is 1.08 bits per heavy atom. The van der Waals surface area contributed by atoms with Crippen molar-refractivity contribution in [2.24, 2.45) is 16.8 Å². The number of amides is 3. The molecule has 2 aromatic carbocycles. The molecule has 0 fully saturated rings. The summed E-state index contributed by atoms with van der Waals surface area (Å²) in [6, 6.07) is 11.3. The predicted molar refractivity (Wildman–Crippen MR) is 187 cm³/mol. The quantitative estimate of drug-likeness (QED) is 0.158. The summed E-state index contributed by atoms with van der Waals surface area (Å²) in [4.78, 5) is 55.5. The smallest absolute Gasteiger partial charge is 0.408 e. The topological polar surface area (TPSA) is 146 Å². The fourth-order valence-electron chi connectivity index (χ4n) is 6.32. The van der Waals surface area contributed by atoms with E-state index in [-0.39, 0.29) is 30.8 Å². The summed E-state index contributed by atoms with van der Waals surface area (Å²) >= 11 is 13.0. The number of aryl methyl sites for hydroxylation is 1. The molecule has 3 amide bonds. The van der Waals surface area contributed by atoms with Crippen LogP contribution in [0.25, 0.3) is 10.9 Å². The van der Waals surface area contributed by atoms with Gasteiger partial charge in [0, 0.05) is 22.5 Å². The monoisotopic (exact) mass is 698 g/mol. The maximum atomic E-state index is 14.6. The van der Waals surface area contributed by atoms with Gasteiger partial charge in [0.05, 0.1) is 16.6 Å². The van der Waals surface area contributed by atoms with Gasteiger partial charge in [-0.2, -0.15) is 0 Å². The van der Waals surface area contributed by atoms with E-state index in [1.807, 2.05) is 64.1 Å². The number of hydroxylamine groups is 1. The Kier molecular flexibility index (Phi) is 11.2. The summed E-state index contributed by atoms with van der Waals surface area (Å²) in [6.07, 6.45) is 0.907. The standard InChI is InChI=1S/C35H44Cl2N6O5/c1-6-19(3)28(41-34(46)47-18-22-11-9-8-10-12-22)31(44)42-35(33(45)40-29(20(4)7-2)32-38-21(5)43-48-32)14-13-27-25(17-35)24-15-23(36)16-26(37)30(24)39-27/h8-12,15-16,19-20,28-29,32,39H,6-7,13-14,17-18H2,1-5H3,(H,38,43)(H,40,45)(H,41,46)(H,42,44)/t19?,20?,28-,29-,32?,35+/m0/s1. The van der Waals surface area contributed by atoms with Gasteiger partial charge in [-0.3, -0.25) is 15.1 Å². The van der Waals surface area contributed by atoms with Gasteiger partial charge in [0.25, 0.3) is 0 Å². The molecule has 11 nitrogen and oxygen atoms in total. The van der Waals surface area contributed by atoms with Crippen LogP contribution >= 0.6 is 23.2 Å². The first kappa shape index (κ1) is 35.5. The number of H-pyrrole nitrogens is 1. The first-order valence-corrected chi connectivity index (χ1v) is 17.2. The van der Waals surface area contributed by atoms with Gasteiger partial charge in [-0.25, -0.2) is 14.6 Å². The Hall–Kier alpha value is -3.80. The van der Waals surface area contributed by atoms with Crippen molar-refractivity contribution >= 4 is 57.8 Å². The summed E-state index contributed by atoms with van der Waals surface area (Å²) in [5.74, 6) is -0.498. The minimum absolute atomic E-state index is 0.00178. The molecule has 1 aliphatic carbocycles. The Bertz CT molecular complexity index is 1680. The van der Waals surface area contributed by atoms with Crippen LogP contribution in [0.1, 0.15) is 70.7 Å². The number of hydrogen-bond acceptors (Lipinski definition) is 7. The molecule has 1 aliphatic heterocycles. The maximum absolute atomic E-state index is 14.6. The van der Waals surface area contributed by atoms with Gasteiger partial charge in [0.1, 0.15) is 24.0 Å². The zero-order valence-corrected chi connectivity index (χ0v) is 29.4. The highest BCUT2D eigenvalue weighted by atomic mass is 35.5. The van der Waals surface area contributed by atoms with Crippen molar-refractivity contribution in [2.75, 3.05) is 0 Å². The second kappa shape index (κ2) is 15.2. The lowest BCUT2D eigenvalue weighted by atomic mass is 9.78. The highest BCUT2D eigenvalue weighted by Gasteiger charge is 2.47. The maximum Gasteiger partial charge on any atom is 0.408 e. The van der Waals surface area contributed by atoms with Crippen LogP contribution in [0.4, 0.5) is 4.79 Å². The van der Waals surface area contributed by atoms with E-state index >= 15 is 0 Å². The lowest BCUT2D eigenvalue weighted by molar-refractivity contribution is -0.137. The first-order chi connectivity index (χ1) is 22.9. The van der Waals surface area contributed by atoms with Gasteiger partial charge >= 0.3 is 6.09 Å². The van der Waals surface area contributed by atoms with Crippen molar-refractivity contribution in [1.82, 2.24) is 26.4 Å². The van der Waals surface area contributed by atoms with Crippen LogP contribution in [0.15, 0.2) is 47.5 Å². The Balaban J connectivity index is 1.46. The molecule has 3 unspecified atom stereocenters. The van der Waals surface area contributed by atoms with E-state index in [4.69, 9.17) is 32.8 Å². The fourth-order valence-corrected chi connectivity index (χ4v) is 6.86. The molecule has 0 spiro atoms. The van der Waals surface area contributed by atoms with E-state index in [1.165, 1.54) is 0 Å². The largest absolute Gasteiger partial charge is 0.445 e. The zero-order valence-electron chi connectivity index (χ0n) is 27.9. The highest BCUT2D eigenvalue weighted by molar-refractivity contribution is 6.38. The zero-order chi connectivity index (χ0) is 34.6. The Morgan fingerprint density at radius 3 is 2.48 bits per heavy atom. The lowest BCUT2D eigenvalue weighted by Gasteiger charge is -2.40. The minimum Gasteiger partial charge on any atom is -0.445 e. The van der Waals surface area contributed by atoms with Crippen LogP contribution in [0, 0.1) is 11.8 Å². The molecule has 1 aromatic heterocycles. The minimum atomic E-state index is -1.38. The van der Waals surface area contributed by atoms with E-state index in [9.17, 15) is 14.4 Å². The van der Waals surface area contributed by atoms with E-state index in [0.29, 0.717) is 35.1 Å². The van der Waals surface area contributed by atoms with Gasteiger partial charge in [-0.05, 0) is 54.9 Å². The number of halogens is 2. The molecule has 0 saturated heterocycles. The molecule has 2 heterocycles. The van der Waals surface area contributed by atoms with E-state index in [1.54, 1.807) is 13.0 Å². The molecule has 5 rings (SSSR count). The van der Waals surface area contributed by atoms with E-state index < -0.39 is 35.9 Å². The normalized spacial score (nSPS) is 21.2. The second-order valence-electron chi connectivity index (χ2n) is 12.9. The Morgan fingerprint density at radius 2 is 1.81 bits per heavy atom. The number of aromatic nitrogens is 1. The second-order valence-corrected chi connectivity index (χ2v) is 13.8. The van der Waals surface area contributed by atoms with Crippen LogP contribution in [0.2, 0.25) is 10.0 Å². The number of alkyl carbamates (subject to hydrolysis) is 1. The van der Waals surface area contributed by atoms with Gasteiger partial charge in [-0.15, -0.1) is 0 Å². The summed E-state index contributed by atoms with van der Waals surface area (Å²) < 4.78 is 5.46. The third kappa shape index (κ3) is 7.74. The van der Waals surface area contributed by atoms with E-state index in [2.05, 4.69) is 31.4 Å². The number of carbonyl (C=O) groups excluding carboxylic acids is 3. The van der Waals surface area contributed by atoms with Crippen LogP contribution in [0.3, 0.4) is 0 Å². The molecular formula is C35H44Cl2N6O5. The molecule has 48 heavy (non-hydrogen) atoms. The number of rotatable bonds is 12. The van der Waals surface area contributed by atoms with Crippen LogP contribution < -0.4 is 21.4 Å². The number of nitrogens with zero attached hydrogens (tertiary/aromatic N) is 1. The van der Waals surface area contributed by atoms with Gasteiger partial charge in [0.15, 0.2) is 6.23 Å². The number of amidine groups is 1. The molecule has 0 bridgehead atoms. The fraction of sp³-hybridized carbons (Fsp3) is 0.486. The molecule has 2 aliphatic rings. The van der Waals surface area contributed by atoms with Crippen molar-refractivity contribution in [3.8, 4) is 0 Å². The number of benzene rings is 2. The summed E-state index contributed by atoms with van der Waals surface area (Å²) in [6.45, 7) is 9.72. The molecule has 0 saturated carbocycles. The molecule has 5 N–H and O–H groups in total. The van der Waals surface area contributed by atoms with Gasteiger partial charge < -0.3 is 25.7 Å². The van der Waals surface area contributed by atoms with Crippen molar-refractivity contribution in [3.63, 3.8) is 0 Å². The van der Waals surface area contributed by atoms with Crippen molar-refractivity contribution in [1.29, 1.82) is 0 Å². The summed E-state index contributed by atoms with van der Waals surface area (Å²) in [7, 11) is 0. The number of aliphatic imine (C=N–C) groups is 1. The van der Waals surface area contributed by atoms with Crippen molar-refractivity contribution in [3.05, 3.63) is 69.3 Å². The van der Waals surface area contributed by atoms with Gasteiger partial charge in [-0.1, -0.05) is 94.1 Å². The summed E-state index contributed by atoms with van der Waals surface area (Å²) in [5.41, 5.74) is 4.72. The van der Waals surface area contributed by atoms with Gasteiger partial charge in [0.2, 0.25) is 11.8 Å². The molecule has 6 atom stereocenters.